The van der Waals surface area contributed by atoms with E-state index in [4.69, 9.17) is 9.15 Å². The molecule has 0 aliphatic heterocycles. The van der Waals surface area contributed by atoms with Gasteiger partial charge in [0.1, 0.15) is 21.8 Å². The summed E-state index contributed by atoms with van der Waals surface area (Å²) in [6.07, 6.45) is 5.88. The van der Waals surface area contributed by atoms with Gasteiger partial charge >= 0.3 is 11.8 Å². The number of esters is 1. The van der Waals surface area contributed by atoms with Gasteiger partial charge in [-0.3, -0.25) is 4.79 Å². The van der Waals surface area contributed by atoms with Crippen molar-refractivity contribution in [2.75, 3.05) is 11.9 Å². The lowest BCUT2D eigenvalue weighted by molar-refractivity contribution is -0.390. The van der Waals surface area contributed by atoms with Crippen LogP contribution in [0.2, 0.25) is 0 Å². The Kier molecular flexibility index (Phi) is 6.94. The number of hydrogen-bond acceptors (Lipinski definition) is 8. The Labute approximate surface area is 201 Å². The van der Waals surface area contributed by atoms with E-state index in [1.807, 2.05) is 6.92 Å². The van der Waals surface area contributed by atoms with Gasteiger partial charge in [-0.15, -0.1) is 11.3 Å². The molecule has 3 heterocycles. The van der Waals surface area contributed by atoms with Crippen LogP contribution in [0.5, 0.6) is 0 Å². The average Bonchev–Trinajstić information content (AvgIpc) is 3.49. The lowest BCUT2D eigenvalue weighted by Crippen LogP contribution is -2.15. The Bertz CT molecular complexity index is 1210. The number of carbonyl (C=O) groups excluding carboxylic acids is 2. The standard InChI is InChI=1S/C21H21BrN4O6S/c1-2-9-31-21(28)17-13-5-3-4-6-16(13)33-20(17)23-19(27)15-8-7-12(32-15)10-25-11-14(22)18(24-25)26(29)30/h7-8,11H,2-6,9-10H2,1H3,(H,23,27). The molecule has 0 bridgehead atoms. The number of aromatic nitrogens is 2. The third-order valence-electron chi connectivity index (χ3n) is 5.12. The molecule has 0 saturated heterocycles. The average molecular weight is 537 g/mol. The van der Waals surface area contributed by atoms with Crippen molar-refractivity contribution in [3.8, 4) is 0 Å². The minimum atomic E-state index is -0.592. The number of nitro groups is 1. The number of amides is 1. The van der Waals surface area contributed by atoms with E-state index in [0.717, 1.165) is 36.1 Å². The molecule has 0 fully saturated rings. The third kappa shape index (κ3) is 5.01. The lowest BCUT2D eigenvalue weighted by Gasteiger charge is -2.12. The summed E-state index contributed by atoms with van der Waals surface area (Å²) in [6.45, 7) is 2.36. The molecule has 0 aromatic carbocycles. The van der Waals surface area contributed by atoms with Crippen LogP contribution >= 0.6 is 27.3 Å². The second-order valence-corrected chi connectivity index (χ2v) is 9.49. The van der Waals surface area contributed by atoms with Gasteiger partial charge in [0.2, 0.25) is 0 Å². The third-order valence-corrected chi connectivity index (χ3v) is 6.88. The molecule has 0 unspecified atom stereocenters. The van der Waals surface area contributed by atoms with E-state index in [1.165, 1.54) is 28.3 Å². The molecule has 3 aromatic heterocycles. The van der Waals surface area contributed by atoms with Crippen LogP contribution < -0.4 is 5.32 Å². The van der Waals surface area contributed by atoms with Crippen molar-refractivity contribution in [3.05, 3.63) is 60.4 Å². The van der Waals surface area contributed by atoms with Gasteiger partial charge < -0.3 is 24.6 Å². The number of aryl methyl sites for hydroxylation is 1. The summed E-state index contributed by atoms with van der Waals surface area (Å²) in [6, 6.07) is 3.12. The first kappa shape index (κ1) is 23.2. The zero-order valence-electron chi connectivity index (χ0n) is 17.8. The van der Waals surface area contributed by atoms with Crippen molar-refractivity contribution in [2.24, 2.45) is 0 Å². The fourth-order valence-corrected chi connectivity index (χ4v) is 5.37. The van der Waals surface area contributed by atoms with Gasteiger partial charge in [-0.25, -0.2) is 4.79 Å². The molecule has 4 rings (SSSR count). The first-order valence-electron chi connectivity index (χ1n) is 10.5. The van der Waals surface area contributed by atoms with E-state index in [-0.39, 0.29) is 22.6 Å². The molecule has 0 radical (unpaired) electrons. The van der Waals surface area contributed by atoms with Gasteiger partial charge in [0.05, 0.1) is 23.5 Å². The molecule has 1 amide bonds. The second kappa shape index (κ2) is 9.87. The summed E-state index contributed by atoms with van der Waals surface area (Å²) >= 11 is 4.50. The van der Waals surface area contributed by atoms with Crippen LogP contribution in [0, 0.1) is 10.1 Å². The number of thiophene rings is 1. The van der Waals surface area contributed by atoms with Gasteiger partial charge in [-0.05, 0) is 70.7 Å². The Morgan fingerprint density at radius 1 is 1.36 bits per heavy atom. The van der Waals surface area contributed by atoms with Crippen LogP contribution in [0.15, 0.2) is 27.2 Å². The van der Waals surface area contributed by atoms with Crippen molar-refractivity contribution in [3.63, 3.8) is 0 Å². The molecule has 10 nitrogen and oxygen atoms in total. The number of anilines is 1. The van der Waals surface area contributed by atoms with E-state index < -0.39 is 16.8 Å². The second-order valence-electron chi connectivity index (χ2n) is 7.53. The number of furan rings is 1. The summed E-state index contributed by atoms with van der Waals surface area (Å²) < 4.78 is 12.6. The Morgan fingerprint density at radius 2 is 2.15 bits per heavy atom. The monoisotopic (exact) mass is 536 g/mol. The highest BCUT2D eigenvalue weighted by molar-refractivity contribution is 9.10. The molecule has 174 valence electrons. The predicted molar refractivity (Wildman–Crippen MR) is 124 cm³/mol. The van der Waals surface area contributed by atoms with Crippen molar-refractivity contribution < 1.29 is 23.7 Å². The summed E-state index contributed by atoms with van der Waals surface area (Å²) in [5.74, 6) is -0.749. The SMILES string of the molecule is CCCOC(=O)c1c(NC(=O)c2ccc(Cn3cc(Br)c([N+](=O)[O-])n3)o2)sc2c1CCCC2. The fraction of sp³-hybridized carbons (Fsp3) is 0.381. The molecule has 0 atom stereocenters. The highest BCUT2D eigenvalue weighted by Gasteiger charge is 2.28. The first-order chi connectivity index (χ1) is 15.9. The Balaban J connectivity index is 1.51. The molecule has 3 aromatic rings. The van der Waals surface area contributed by atoms with Crippen molar-refractivity contribution in [2.45, 2.75) is 45.6 Å². The van der Waals surface area contributed by atoms with E-state index >= 15 is 0 Å². The molecule has 12 heteroatoms. The zero-order valence-corrected chi connectivity index (χ0v) is 20.2. The number of fused-ring (bicyclic) bond motifs is 1. The quantitative estimate of drug-likeness (QED) is 0.244. The van der Waals surface area contributed by atoms with Crippen molar-refractivity contribution in [1.29, 1.82) is 0 Å². The van der Waals surface area contributed by atoms with Crippen LogP contribution in [0.1, 0.15) is 63.3 Å². The molecule has 33 heavy (non-hydrogen) atoms. The van der Waals surface area contributed by atoms with E-state index in [0.29, 0.717) is 29.4 Å². The smallest absolute Gasteiger partial charge is 0.404 e. The van der Waals surface area contributed by atoms with E-state index in [2.05, 4.69) is 26.3 Å². The largest absolute Gasteiger partial charge is 0.462 e. The number of nitrogens with zero attached hydrogens (tertiary/aromatic N) is 3. The van der Waals surface area contributed by atoms with Gasteiger partial charge in [0.15, 0.2) is 5.76 Å². The fourth-order valence-electron chi connectivity index (χ4n) is 3.64. The Morgan fingerprint density at radius 3 is 2.88 bits per heavy atom. The van der Waals surface area contributed by atoms with Crippen LogP contribution in [0.25, 0.3) is 0 Å². The summed E-state index contributed by atoms with van der Waals surface area (Å²) in [7, 11) is 0. The van der Waals surface area contributed by atoms with Crippen LogP contribution in [0.3, 0.4) is 0 Å². The first-order valence-corrected chi connectivity index (χ1v) is 12.1. The van der Waals surface area contributed by atoms with Gasteiger partial charge in [-0.1, -0.05) is 6.92 Å². The highest BCUT2D eigenvalue weighted by Crippen LogP contribution is 2.39. The lowest BCUT2D eigenvalue weighted by atomic mass is 9.95. The van der Waals surface area contributed by atoms with Crippen LogP contribution in [0.4, 0.5) is 10.8 Å². The number of carbonyl (C=O) groups is 2. The summed E-state index contributed by atoms with van der Waals surface area (Å²) in [4.78, 5) is 37.0. The number of ether oxygens (including phenoxy) is 1. The summed E-state index contributed by atoms with van der Waals surface area (Å²) in [5, 5.41) is 18.1. The highest BCUT2D eigenvalue weighted by atomic mass is 79.9. The van der Waals surface area contributed by atoms with Gasteiger partial charge in [0, 0.05) is 4.88 Å². The molecule has 1 aliphatic carbocycles. The minimum absolute atomic E-state index is 0.0602. The topological polar surface area (TPSA) is 130 Å². The maximum Gasteiger partial charge on any atom is 0.404 e. The van der Waals surface area contributed by atoms with Crippen molar-refractivity contribution >= 4 is 50.0 Å². The number of nitrogens with one attached hydrogen (secondary N) is 1. The predicted octanol–water partition coefficient (Wildman–Crippen LogP) is 4.95. The normalized spacial score (nSPS) is 12.9. The maximum atomic E-state index is 12.9. The molecule has 1 aliphatic rings. The molecular formula is C21H21BrN4O6S. The summed E-state index contributed by atoms with van der Waals surface area (Å²) in [5.41, 5.74) is 1.41. The number of rotatable bonds is 8. The molecule has 0 saturated carbocycles. The maximum absolute atomic E-state index is 12.9. The molecular weight excluding hydrogens is 516 g/mol. The van der Waals surface area contributed by atoms with E-state index in [1.54, 1.807) is 6.07 Å². The number of halogens is 1. The van der Waals surface area contributed by atoms with Crippen LogP contribution in [-0.2, 0) is 24.1 Å². The van der Waals surface area contributed by atoms with E-state index in [9.17, 15) is 19.7 Å². The molecule has 1 N–H and O–H groups in total. The zero-order chi connectivity index (χ0) is 23.5. The Hall–Kier alpha value is -2.99. The van der Waals surface area contributed by atoms with Crippen LogP contribution in [-0.4, -0.2) is 33.2 Å². The van der Waals surface area contributed by atoms with Crippen molar-refractivity contribution in [1.82, 2.24) is 9.78 Å². The molecule has 0 spiro atoms. The number of hydrogen-bond donors (Lipinski definition) is 1. The minimum Gasteiger partial charge on any atom is -0.462 e. The van der Waals surface area contributed by atoms with Gasteiger partial charge in [0.25, 0.3) is 5.91 Å². The van der Waals surface area contributed by atoms with Gasteiger partial charge in [-0.2, -0.15) is 4.68 Å².